The molecule has 0 spiro atoms. The third-order valence-electron chi connectivity index (χ3n) is 4.67. The van der Waals surface area contributed by atoms with Gasteiger partial charge in [0.2, 0.25) is 0 Å². The van der Waals surface area contributed by atoms with Crippen molar-refractivity contribution in [1.82, 2.24) is 5.32 Å². The monoisotopic (exact) mass is 363 g/mol. The number of esters is 1. The molecule has 0 radical (unpaired) electrons. The molecule has 0 saturated heterocycles. The van der Waals surface area contributed by atoms with Crippen LogP contribution in [0.5, 0.6) is 0 Å². The molecule has 5 heteroatoms. The van der Waals surface area contributed by atoms with Gasteiger partial charge in [-0.3, -0.25) is 4.79 Å². The van der Waals surface area contributed by atoms with E-state index in [1.807, 2.05) is 24.3 Å². The number of terminal acetylenes is 1. The molecule has 0 aliphatic heterocycles. The van der Waals surface area contributed by atoms with E-state index < -0.39 is 18.1 Å². The lowest BCUT2D eigenvalue weighted by Gasteiger charge is -2.18. The van der Waals surface area contributed by atoms with Crippen molar-refractivity contribution in [3.8, 4) is 23.5 Å². The molecule has 1 unspecified atom stereocenters. The zero-order valence-electron chi connectivity index (χ0n) is 15.1. The largest absolute Gasteiger partial charge is 0.469 e. The molecule has 2 aromatic rings. The van der Waals surface area contributed by atoms with E-state index in [0.29, 0.717) is 0 Å². The molecule has 0 aromatic heterocycles. The third-order valence-corrected chi connectivity index (χ3v) is 4.67. The first kappa shape index (κ1) is 18.5. The smallest absolute Gasteiger partial charge is 0.407 e. The van der Waals surface area contributed by atoms with Crippen molar-refractivity contribution in [1.29, 1.82) is 0 Å². The fourth-order valence-electron chi connectivity index (χ4n) is 3.41. The van der Waals surface area contributed by atoms with Gasteiger partial charge < -0.3 is 14.8 Å². The van der Waals surface area contributed by atoms with Crippen molar-refractivity contribution in [2.45, 2.75) is 24.8 Å². The number of alkyl carbamates (subject to hydrolysis) is 1. The minimum Gasteiger partial charge on any atom is -0.469 e. The molecule has 1 N–H and O–H groups in total. The molecule has 3 rings (SSSR count). The molecule has 27 heavy (non-hydrogen) atoms. The Morgan fingerprint density at radius 1 is 1.11 bits per heavy atom. The normalized spacial score (nSPS) is 13.0. The Bertz CT molecular complexity index is 838. The molecule has 0 bridgehead atoms. The summed E-state index contributed by atoms with van der Waals surface area (Å²) in [6, 6.07) is 15.7. The SMILES string of the molecule is C#CCC(CC(=O)OC)NC(=O)OCC1c2ccccc2-c2ccccc21. The lowest BCUT2D eigenvalue weighted by molar-refractivity contribution is -0.141. The van der Waals surface area contributed by atoms with E-state index in [9.17, 15) is 9.59 Å². The van der Waals surface area contributed by atoms with Gasteiger partial charge in [-0.25, -0.2) is 4.79 Å². The lowest BCUT2D eigenvalue weighted by atomic mass is 9.98. The quantitative estimate of drug-likeness (QED) is 0.630. The first-order chi connectivity index (χ1) is 13.1. The zero-order valence-corrected chi connectivity index (χ0v) is 15.1. The minimum atomic E-state index is -0.596. The van der Waals surface area contributed by atoms with Gasteiger partial charge in [0.15, 0.2) is 0 Å². The summed E-state index contributed by atoms with van der Waals surface area (Å²) >= 11 is 0. The topological polar surface area (TPSA) is 64.6 Å². The van der Waals surface area contributed by atoms with E-state index in [-0.39, 0.29) is 25.4 Å². The van der Waals surface area contributed by atoms with E-state index in [1.54, 1.807) is 0 Å². The highest BCUT2D eigenvalue weighted by atomic mass is 16.5. The second-order valence-corrected chi connectivity index (χ2v) is 6.36. The van der Waals surface area contributed by atoms with Crippen LogP contribution in [0.1, 0.15) is 29.9 Å². The average Bonchev–Trinajstić information content (AvgIpc) is 3.00. The second-order valence-electron chi connectivity index (χ2n) is 6.36. The lowest BCUT2D eigenvalue weighted by Crippen LogP contribution is -2.37. The average molecular weight is 363 g/mol. The summed E-state index contributed by atoms with van der Waals surface area (Å²) in [6.45, 7) is 0.209. The number of hydrogen-bond acceptors (Lipinski definition) is 4. The number of fused-ring (bicyclic) bond motifs is 3. The molecular weight excluding hydrogens is 342 g/mol. The molecule has 1 aliphatic carbocycles. The van der Waals surface area contributed by atoms with Crippen LogP contribution in [-0.2, 0) is 14.3 Å². The summed E-state index contributed by atoms with van der Waals surface area (Å²) in [6.07, 6.45) is 4.94. The van der Waals surface area contributed by atoms with Crippen LogP contribution in [0.2, 0.25) is 0 Å². The van der Waals surface area contributed by atoms with Crippen LogP contribution in [-0.4, -0.2) is 31.8 Å². The number of hydrogen-bond donors (Lipinski definition) is 1. The Morgan fingerprint density at radius 2 is 1.70 bits per heavy atom. The standard InChI is InChI=1S/C22H21NO4/c1-3-8-15(13-21(24)26-2)23-22(25)27-14-20-18-11-6-4-9-16(18)17-10-5-7-12-19(17)20/h1,4-7,9-12,15,20H,8,13-14H2,2H3,(H,23,25). The number of rotatable bonds is 6. The number of amides is 1. The molecule has 0 saturated carbocycles. The van der Waals surface area contributed by atoms with Crippen LogP contribution in [0.4, 0.5) is 4.79 Å². The Balaban J connectivity index is 1.67. The van der Waals surface area contributed by atoms with Gasteiger partial charge in [-0.05, 0) is 22.3 Å². The van der Waals surface area contributed by atoms with Gasteiger partial charge in [0.05, 0.1) is 19.6 Å². The van der Waals surface area contributed by atoms with Gasteiger partial charge in [0, 0.05) is 12.3 Å². The Hall–Kier alpha value is -3.26. The Morgan fingerprint density at radius 3 is 2.26 bits per heavy atom. The van der Waals surface area contributed by atoms with E-state index >= 15 is 0 Å². The van der Waals surface area contributed by atoms with Crippen molar-refractivity contribution >= 4 is 12.1 Å². The molecule has 2 aromatic carbocycles. The van der Waals surface area contributed by atoms with E-state index in [2.05, 4.69) is 40.2 Å². The summed E-state index contributed by atoms with van der Waals surface area (Å²) in [5, 5.41) is 2.65. The third kappa shape index (κ3) is 4.12. The second kappa shape index (κ2) is 8.41. The first-order valence-electron chi connectivity index (χ1n) is 8.75. The number of benzene rings is 2. The molecular formula is C22H21NO4. The summed E-state index contributed by atoms with van der Waals surface area (Å²) in [4.78, 5) is 23.7. The van der Waals surface area contributed by atoms with Crippen LogP contribution in [0.15, 0.2) is 48.5 Å². The van der Waals surface area contributed by atoms with E-state index in [0.717, 1.165) is 22.3 Å². The summed E-state index contributed by atoms with van der Waals surface area (Å²) in [5.41, 5.74) is 4.61. The highest BCUT2D eigenvalue weighted by Crippen LogP contribution is 2.44. The first-order valence-corrected chi connectivity index (χ1v) is 8.75. The predicted octanol–water partition coefficient (Wildman–Crippen LogP) is 3.48. The van der Waals surface area contributed by atoms with Gasteiger partial charge in [0.1, 0.15) is 6.61 Å². The predicted molar refractivity (Wildman–Crippen MR) is 102 cm³/mol. The van der Waals surface area contributed by atoms with Gasteiger partial charge in [-0.2, -0.15) is 0 Å². The summed E-state index contributed by atoms with van der Waals surface area (Å²) in [5.74, 6) is 1.99. The molecule has 1 atom stereocenters. The summed E-state index contributed by atoms with van der Waals surface area (Å²) in [7, 11) is 1.29. The van der Waals surface area contributed by atoms with Gasteiger partial charge >= 0.3 is 12.1 Å². The Kier molecular flexibility index (Phi) is 5.77. The van der Waals surface area contributed by atoms with Crippen LogP contribution < -0.4 is 5.32 Å². The van der Waals surface area contributed by atoms with Crippen molar-refractivity contribution < 1.29 is 19.1 Å². The van der Waals surface area contributed by atoms with Crippen molar-refractivity contribution in [3.05, 3.63) is 59.7 Å². The number of carbonyl (C=O) groups excluding carboxylic acids is 2. The van der Waals surface area contributed by atoms with Crippen LogP contribution >= 0.6 is 0 Å². The van der Waals surface area contributed by atoms with E-state index in [4.69, 9.17) is 11.2 Å². The van der Waals surface area contributed by atoms with Gasteiger partial charge in [-0.15, -0.1) is 12.3 Å². The van der Waals surface area contributed by atoms with Gasteiger partial charge in [-0.1, -0.05) is 48.5 Å². The Labute approximate surface area is 158 Å². The minimum absolute atomic E-state index is 0.00486. The molecule has 5 nitrogen and oxygen atoms in total. The highest BCUT2D eigenvalue weighted by Gasteiger charge is 2.29. The van der Waals surface area contributed by atoms with E-state index in [1.165, 1.54) is 7.11 Å². The maximum Gasteiger partial charge on any atom is 0.407 e. The van der Waals surface area contributed by atoms with Crippen LogP contribution in [0, 0.1) is 12.3 Å². The molecule has 0 heterocycles. The number of carbonyl (C=O) groups is 2. The maximum absolute atomic E-state index is 12.2. The van der Waals surface area contributed by atoms with Crippen LogP contribution in [0.3, 0.4) is 0 Å². The molecule has 138 valence electrons. The highest BCUT2D eigenvalue weighted by molar-refractivity contribution is 5.79. The van der Waals surface area contributed by atoms with Gasteiger partial charge in [0.25, 0.3) is 0 Å². The van der Waals surface area contributed by atoms with Crippen molar-refractivity contribution in [2.24, 2.45) is 0 Å². The zero-order chi connectivity index (χ0) is 19.2. The van der Waals surface area contributed by atoms with Crippen LogP contribution in [0.25, 0.3) is 11.1 Å². The fourth-order valence-corrected chi connectivity index (χ4v) is 3.41. The van der Waals surface area contributed by atoms with Crippen molar-refractivity contribution in [2.75, 3.05) is 13.7 Å². The number of nitrogens with one attached hydrogen (secondary N) is 1. The number of methoxy groups -OCH3 is 1. The molecule has 1 amide bonds. The van der Waals surface area contributed by atoms with Crippen molar-refractivity contribution in [3.63, 3.8) is 0 Å². The molecule has 1 aliphatic rings. The molecule has 0 fully saturated rings. The maximum atomic E-state index is 12.2. The number of ether oxygens (including phenoxy) is 2. The fraction of sp³-hybridized carbons (Fsp3) is 0.273. The summed E-state index contributed by atoms with van der Waals surface area (Å²) < 4.78 is 10.1.